The average molecular weight is 136 g/mol. The predicted molar refractivity (Wildman–Crippen MR) is 22.0 cm³/mol. The Labute approximate surface area is 49.3 Å². The molecule has 38 valence electrons. The van der Waals surface area contributed by atoms with E-state index in [0.29, 0.717) is 4.26 Å². The molecule has 0 aliphatic rings. The van der Waals surface area contributed by atoms with Gasteiger partial charge in [-0.3, -0.25) is 0 Å². The number of hydrogen-bond acceptors (Lipinski definition) is 1. The van der Waals surface area contributed by atoms with E-state index in [1.54, 1.807) is 12.3 Å². The molecule has 0 aromatic carbocycles. The molecule has 0 aliphatic carbocycles. The van der Waals surface area contributed by atoms with Crippen LogP contribution in [0.3, 0.4) is 0 Å². The van der Waals surface area contributed by atoms with Gasteiger partial charge in [-0.15, -0.1) is 0 Å². The molecule has 0 bridgehead atoms. The first-order valence-electron chi connectivity index (χ1n) is 1.91. The van der Waals surface area contributed by atoms with Crippen molar-refractivity contribution in [1.82, 2.24) is 0 Å². The first-order chi connectivity index (χ1) is 3.39. The summed E-state index contributed by atoms with van der Waals surface area (Å²) in [6, 6.07) is 5.50. The van der Waals surface area contributed by atoms with Crippen LogP contribution < -0.4 is 0 Å². The van der Waals surface area contributed by atoms with Crippen LogP contribution >= 0.6 is 0 Å². The summed E-state index contributed by atoms with van der Waals surface area (Å²) in [5.41, 5.74) is 0. The van der Waals surface area contributed by atoms with Crippen LogP contribution in [0.1, 0.15) is 0 Å². The first kappa shape index (κ1) is 4.82. The van der Waals surface area contributed by atoms with Crippen molar-refractivity contribution in [3.8, 4) is 0 Å². The molecule has 0 amide bonds. The summed E-state index contributed by atoms with van der Waals surface area (Å²) in [7, 11) is 0. The van der Waals surface area contributed by atoms with Gasteiger partial charge < -0.3 is 0 Å². The van der Waals surface area contributed by atoms with Crippen LogP contribution in [-0.4, -0.2) is 0 Å². The molecule has 1 rings (SSSR count). The van der Waals surface area contributed by atoms with Crippen molar-refractivity contribution in [3.05, 3.63) is 28.7 Å². The molecular weight excluding hydrogens is 132 g/mol. The fourth-order valence-electron chi connectivity index (χ4n) is 0.316. The van der Waals surface area contributed by atoms with Gasteiger partial charge in [0.2, 0.25) is 0 Å². The van der Waals surface area contributed by atoms with Gasteiger partial charge in [0.05, 0.1) is 0 Å². The van der Waals surface area contributed by atoms with E-state index in [1.807, 2.05) is 12.1 Å². The van der Waals surface area contributed by atoms with Gasteiger partial charge in [-0.2, -0.15) is 0 Å². The average Bonchev–Trinajstić information content (AvgIpc) is 1.69. The van der Waals surface area contributed by atoms with E-state index in [9.17, 15) is 0 Å². The molecule has 0 saturated heterocycles. The first-order valence-corrected chi connectivity index (χ1v) is 2.46. The molecule has 0 aliphatic heterocycles. The van der Waals surface area contributed by atoms with Gasteiger partial charge in [-0.25, -0.2) is 0 Å². The van der Waals surface area contributed by atoms with Gasteiger partial charge >= 0.3 is 48.7 Å². The molecular formula is C5H4FeO. The Balaban J connectivity index is 3.28. The van der Waals surface area contributed by atoms with Crippen molar-refractivity contribution in [2.45, 2.75) is 0 Å². The predicted octanol–water partition coefficient (Wildman–Crippen LogP) is 1.36. The summed E-state index contributed by atoms with van der Waals surface area (Å²) in [6.07, 6.45) is 1.60. The van der Waals surface area contributed by atoms with Crippen LogP contribution in [0.4, 0.5) is 0 Å². The van der Waals surface area contributed by atoms with Gasteiger partial charge in [0, 0.05) is 0 Å². The second-order valence-electron chi connectivity index (χ2n) is 1.10. The van der Waals surface area contributed by atoms with Gasteiger partial charge in [-0.1, -0.05) is 0 Å². The van der Waals surface area contributed by atoms with Gasteiger partial charge in [-0.05, 0) is 0 Å². The standard InChI is InChI=1S/C5H4O.Fe/c1-2-4-6-5-3-1;/h1-4H;. The topological polar surface area (TPSA) is 13.1 Å². The van der Waals surface area contributed by atoms with Crippen LogP contribution in [0.5, 0.6) is 0 Å². The van der Waals surface area contributed by atoms with Crippen molar-refractivity contribution in [1.29, 1.82) is 0 Å². The Morgan fingerprint density at radius 1 is 1.43 bits per heavy atom. The summed E-state index contributed by atoms with van der Waals surface area (Å²) in [5, 5.41) is 0. The molecule has 2 heteroatoms. The minimum atomic E-state index is 0.697. The van der Waals surface area contributed by atoms with E-state index in [1.165, 1.54) is 0 Å². The van der Waals surface area contributed by atoms with E-state index >= 15 is 0 Å². The second-order valence-corrected chi connectivity index (χ2v) is 1.64. The molecule has 0 fully saturated rings. The quantitative estimate of drug-likeness (QED) is 0.490. The van der Waals surface area contributed by atoms with Crippen LogP contribution in [0, 0.1) is 4.26 Å². The molecule has 1 heterocycles. The zero-order valence-corrected chi connectivity index (χ0v) is 4.68. The molecule has 0 atom stereocenters. The molecule has 0 spiro atoms. The van der Waals surface area contributed by atoms with E-state index in [2.05, 4.69) is 15.6 Å². The molecule has 0 saturated carbocycles. The third kappa shape index (κ3) is 1.30. The Kier molecular flexibility index (Phi) is 1.45. The Morgan fingerprint density at radius 3 is 2.57 bits per heavy atom. The third-order valence-corrected chi connectivity index (χ3v) is 0.905. The molecule has 1 aromatic rings. The minimum absolute atomic E-state index is 0.697. The van der Waals surface area contributed by atoms with Crippen LogP contribution in [0.15, 0.2) is 28.9 Å². The summed E-state index contributed by atoms with van der Waals surface area (Å²) >= 11 is 3.55. The van der Waals surface area contributed by atoms with Crippen molar-refractivity contribution in [2.24, 2.45) is 0 Å². The van der Waals surface area contributed by atoms with Crippen LogP contribution in [0.25, 0.3) is 0 Å². The summed E-state index contributed by atoms with van der Waals surface area (Å²) in [5.74, 6) is 0. The molecule has 0 unspecified atom stereocenters. The molecule has 1 aromatic heterocycles. The Morgan fingerprint density at radius 2 is 2.29 bits per heavy atom. The van der Waals surface area contributed by atoms with Gasteiger partial charge in [0.15, 0.2) is 0 Å². The van der Waals surface area contributed by atoms with Gasteiger partial charge in [0.1, 0.15) is 0 Å². The number of rotatable bonds is 0. The van der Waals surface area contributed by atoms with Crippen molar-refractivity contribution in [3.63, 3.8) is 0 Å². The van der Waals surface area contributed by atoms with Crippen LogP contribution in [-0.2, 0) is 15.6 Å². The summed E-state index contributed by atoms with van der Waals surface area (Å²) < 4.78 is 5.51. The molecule has 0 radical (unpaired) electrons. The molecule has 7 heavy (non-hydrogen) atoms. The molecule has 0 N–H and O–H groups in total. The molecule has 1 nitrogen and oxygen atoms in total. The Hall–Kier alpha value is -0.331. The fraction of sp³-hybridized carbons (Fsp3) is 0. The van der Waals surface area contributed by atoms with E-state index in [0.717, 1.165) is 0 Å². The summed E-state index contributed by atoms with van der Waals surface area (Å²) in [4.78, 5) is 0. The Bertz CT molecular complexity index is 174. The monoisotopic (exact) mass is 136 g/mol. The number of hydrogen-bond donors (Lipinski definition) is 0. The SMILES string of the molecule is [Fe]=[c]1cccco1. The maximum absolute atomic E-state index is 4.82. The van der Waals surface area contributed by atoms with Crippen molar-refractivity contribution < 1.29 is 20.0 Å². The summed E-state index contributed by atoms with van der Waals surface area (Å²) in [6.45, 7) is 0. The van der Waals surface area contributed by atoms with Crippen LogP contribution in [0.2, 0.25) is 0 Å². The van der Waals surface area contributed by atoms with Crippen molar-refractivity contribution in [2.75, 3.05) is 0 Å². The zero-order chi connectivity index (χ0) is 5.11. The third-order valence-electron chi connectivity index (χ3n) is 0.591. The fourth-order valence-corrected chi connectivity index (χ4v) is 0.498. The van der Waals surface area contributed by atoms with Gasteiger partial charge in [0.25, 0.3) is 0 Å². The van der Waals surface area contributed by atoms with E-state index < -0.39 is 0 Å². The van der Waals surface area contributed by atoms with Crippen molar-refractivity contribution >= 4 is 0 Å². The maximum atomic E-state index is 4.82. The second kappa shape index (κ2) is 2.10. The van der Waals surface area contributed by atoms with E-state index in [4.69, 9.17) is 4.42 Å². The normalized spacial score (nSPS) is 8.71. The van der Waals surface area contributed by atoms with E-state index in [-0.39, 0.29) is 0 Å². The zero-order valence-electron chi connectivity index (χ0n) is 3.57.